The standard InChI is InChI=1S/C22H14BrFO3/c23-16-7-5-14(6-8-16)19-13-27-21-11-17(9-10-18(21)22(19)25)26-12-15-3-1-2-4-20(15)24/h1-11,13H,12H2. The molecule has 0 atom stereocenters. The molecule has 3 nitrogen and oxygen atoms in total. The maximum atomic E-state index is 13.7. The molecule has 0 bridgehead atoms. The lowest BCUT2D eigenvalue weighted by Crippen LogP contribution is -2.05. The lowest BCUT2D eigenvalue weighted by Gasteiger charge is -2.08. The molecular weight excluding hydrogens is 411 g/mol. The van der Waals surface area contributed by atoms with Gasteiger partial charge in [0.1, 0.15) is 30.0 Å². The normalized spacial score (nSPS) is 10.9. The van der Waals surface area contributed by atoms with Crippen LogP contribution >= 0.6 is 15.9 Å². The van der Waals surface area contributed by atoms with Crippen molar-refractivity contribution in [1.29, 1.82) is 0 Å². The highest BCUT2D eigenvalue weighted by atomic mass is 79.9. The van der Waals surface area contributed by atoms with Gasteiger partial charge >= 0.3 is 0 Å². The largest absolute Gasteiger partial charge is 0.489 e. The molecule has 0 saturated carbocycles. The molecule has 0 fully saturated rings. The summed E-state index contributed by atoms with van der Waals surface area (Å²) in [7, 11) is 0. The van der Waals surface area contributed by atoms with E-state index in [1.165, 1.54) is 12.3 Å². The minimum absolute atomic E-state index is 0.0966. The first-order valence-corrected chi connectivity index (χ1v) is 9.09. The van der Waals surface area contributed by atoms with E-state index in [1.807, 2.05) is 24.3 Å². The van der Waals surface area contributed by atoms with Crippen LogP contribution in [0.4, 0.5) is 4.39 Å². The van der Waals surface area contributed by atoms with Gasteiger partial charge in [-0.25, -0.2) is 4.39 Å². The lowest BCUT2D eigenvalue weighted by atomic mass is 10.1. The number of hydrogen-bond acceptors (Lipinski definition) is 3. The van der Waals surface area contributed by atoms with Gasteiger partial charge in [-0.05, 0) is 35.9 Å². The summed E-state index contributed by atoms with van der Waals surface area (Å²) in [6.45, 7) is 0.0966. The van der Waals surface area contributed by atoms with Crippen LogP contribution in [0.2, 0.25) is 0 Å². The van der Waals surface area contributed by atoms with E-state index in [0.29, 0.717) is 27.8 Å². The van der Waals surface area contributed by atoms with Crippen LogP contribution in [0.1, 0.15) is 5.56 Å². The Morgan fingerprint density at radius 1 is 1.00 bits per heavy atom. The third kappa shape index (κ3) is 3.64. The van der Waals surface area contributed by atoms with Crippen molar-refractivity contribution in [1.82, 2.24) is 0 Å². The highest BCUT2D eigenvalue weighted by Gasteiger charge is 2.10. The number of ether oxygens (including phenoxy) is 1. The molecule has 0 amide bonds. The quantitative estimate of drug-likeness (QED) is 0.406. The topological polar surface area (TPSA) is 39.4 Å². The molecule has 27 heavy (non-hydrogen) atoms. The Morgan fingerprint density at radius 2 is 1.78 bits per heavy atom. The van der Waals surface area contributed by atoms with Crippen LogP contribution in [0.3, 0.4) is 0 Å². The van der Waals surface area contributed by atoms with Crippen LogP contribution in [0.5, 0.6) is 5.75 Å². The van der Waals surface area contributed by atoms with Gasteiger partial charge in [0, 0.05) is 16.1 Å². The molecule has 0 radical (unpaired) electrons. The van der Waals surface area contributed by atoms with Crippen LogP contribution in [0.25, 0.3) is 22.1 Å². The summed E-state index contributed by atoms with van der Waals surface area (Å²) < 4.78 is 25.9. The Labute approximate surface area is 163 Å². The SMILES string of the molecule is O=c1c(-c2ccc(Br)cc2)coc2cc(OCc3ccccc3F)ccc12. The van der Waals surface area contributed by atoms with Crippen LogP contribution in [0.15, 0.2) is 86.7 Å². The van der Waals surface area contributed by atoms with Crippen molar-refractivity contribution in [3.05, 3.63) is 99.1 Å². The van der Waals surface area contributed by atoms with Crippen molar-refractivity contribution in [2.75, 3.05) is 0 Å². The van der Waals surface area contributed by atoms with Crippen LogP contribution < -0.4 is 10.2 Å². The fourth-order valence-corrected chi connectivity index (χ4v) is 3.07. The molecule has 1 aromatic heterocycles. The summed E-state index contributed by atoms with van der Waals surface area (Å²) in [5.41, 5.74) is 2.06. The Kier molecular flexibility index (Phi) is 4.77. The predicted molar refractivity (Wildman–Crippen MR) is 106 cm³/mol. The molecule has 0 N–H and O–H groups in total. The minimum atomic E-state index is -0.316. The van der Waals surface area contributed by atoms with Gasteiger partial charge in [0.15, 0.2) is 5.43 Å². The highest BCUT2D eigenvalue weighted by Crippen LogP contribution is 2.24. The molecule has 4 aromatic rings. The zero-order valence-electron chi connectivity index (χ0n) is 14.1. The molecule has 0 spiro atoms. The van der Waals surface area contributed by atoms with Crippen LogP contribution in [0, 0.1) is 5.82 Å². The zero-order chi connectivity index (χ0) is 18.8. The first kappa shape index (κ1) is 17.5. The fourth-order valence-electron chi connectivity index (χ4n) is 2.80. The maximum Gasteiger partial charge on any atom is 0.200 e. The maximum absolute atomic E-state index is 13.7. The van der Waals surface area contributed by atoms with E-state index >= 15 is 0 Å². The fraction of sp³-hybridized carbons (Fsp3) is 0.0455. The lowest BCUT2D eigenvalue weighted by molar-refractivity contribution is 0.300. The van der Waals surface area contributed by atoms with Crippen molar-refractivity contribution in [2.24, 2.45) is 0 Å². The first-order chi connectivity index (χ1) is 13.1. The van der Waals surface area contributed by atoms with Crippen LogP contribution in [-0.4, -0.2) is 0 Å². The number of rotatable bonds is 4. The third-order valence-electron chi connectivity index (χ3n) is 4.25. The summed E-state index contributed by atoms with van der Waals surface area (Å²) in [5, 5.41) is 0.466. The first-order valence-electron chi connectivity index (χ1n) is 8.29. The number of halogens is 2. The van der Waals surface area contributed by atoms with E-state index in [9.17, 15) is 9.18 Å². The Bertz CT molecular complexity index is 1170. The average molecular weight is 425 g/mol. The van der Waals surface area contributed by atoms with Crippen molar-refractivity contribution in [3.8, 4) is 16.9 Å². The van der Waals surface area contributed by atoms with Crippen molar-refractivity contribution >= 4 is 26.9 Å². The molecule has 3 aromatic carbocycles. The minimum Gasteiger partial charge on any atom is -0.489 e. The summed E-state index contributed by atoms with van der Waals surface area (Å²) in [6.07, 6.45) is 1.45. The summed E-state index contributed by atoms with van der Waals surface area (Å²) in [6, 6.07) is 18.9. The van der Waals surface area contributed by atoms with Gasteiger partial charge in [-0.2, -0.15) is 0 Å². The third-order valence-corrected chi connectivity index (χ3v) is 4.78. The van der Waals surface area contributed by atoms with Crippen molar-refractivity contribution < 1.29 is 13.5 Å². The molecule has 0 aliphatic rings. The van der Waals surface area contributed by atoms with E-state index in [1.54, 1.807) is 36.4 Å². The van der Waals surface area contributed by atoms with Gasteiger partial charge in [-0.3, -0.25) is 4.79 Å². The van der Waals surface area contributed by atoms with Crippen LogP contribution in [-0.2, 0) is 6.61 Å². The van der Waals surface area contributed by atoms with E-state index in [-0.39, 0.29) is 17.9 Å². The molecule has 134 valence electrons. The summed E-state index contributed by atoms with van der Waals surface area (Å²) in [4.78, 5) is 12.8. The summed E-state index contributed by atoms with van der Waals surface area (Å²) >= 11 is 3.38. The van der Waals surface area contributed by atoms with Gasteiger partial charge < -0.3 is 9.15 Å². The molecule has 0 aliphatic heterocycles. The van der Waals surface area contributed by atoms with Gasteiger partial charge in [0.05, 0.1) is 10.9 Å². The molecule has 1 heterocycles. The van der Waals surface area contributed by atoms with E-state index in [0.717, 1.165) is 10.0 Å². The zero-order valence-corrected chi connectivity index (χ0v) is 15.7. The van der Waals surface area contributed by atoms with Crippen molar-refractivity contribution in [3.63, 3.8) is 0 Å². The average Bonchev–Trinajstić information content (AvgIpc) is 2.68. The summed E-state index contributed by atoms with van der Waals surface area (Å²) in [5.74, 6) is 0.189. The van der Waals surface area contributed by atoms with E-state index < -0.39 is 0 Å². The Morgan fingerprint density at radius 3 is 2.56 bits per heavy atom. The molecule has 0 saturated heterocycles. The highest BCUT2D eigenvalue weighted by molar-refractivity contribution is 9.10. The van der Waals surface area contributed by atoms with Gasteiger partial charge in [0.25, 0.3) is 0 Å². The molecular formula is C22H14BrFO3. The second-order valence-corrected chi connectivity index (χ2v) is 6.94. The second-order valence-electron chi connectivity index (χ2n) is 6.02. The predicted octanol–water partition coefficient (Wildman–Crippen LogP) is 5.94. The molecule has 5 heteroatoms. The molecule has 4 rings (SSSR count). The monoisotopic (exact) mass is 424 g/mol. The number of fused-ring (bicyclic) bond motifs is 1. The molecule has 0 aliphatic carbocycles. The van der Waals surface area contributed by atoms with E-state index in [4.69, 9.17) is 9.15 Å². The van der Waals surface area contributed by atoms with E-state index in [2.05, 4.69) is 15.9 Å². The van der Waals surface area contributed by atoms with Gasteiger partial charge in [-0.15, -0.1) is 0 Å². The Hall–Kier alpha value is -2.92. The smallest absolute Gasteiger partial charge is 0.200 e. The van der Waals surface area contributed by atoms with Gasteiger partial charge in [0.2, 0.25) is 0 Å². The number of benzene rings is 3. The second kappa shape index (κ2) is 7.37. The number of hydrogen-bond donors (Lipinski definition) is 0. The van der Waals surface area contributed by atoms with Gasteiger partial charge in [-0.1, -0.05) is 46.3 Å². The Balaban J connectivity index is 1.64. The molecule has 0 unspecified atom stereocenters. The van der Waals surface area contributed by atoms with Crippen molar-refractivity contribution in [2.45, 2.75) is 6.61 Å².